The van der Waals surface area contributed by atoms with Crippen LogP contribution in [0.25, 0.3) is 0 Å². The van der Waals surface area contributed by atoms with Crippen LogP contribution in [0.3, 0.4) is 0 Å². The Bertz CT molecular complexity index is 337. The van der Waals surface area contributed by atoms with Crippen LogP contribution >= 0.6 is 39.1 Å². The van der Waals surface area contributed by atoms with Crippen molar-refractivity contribution in [2.45, 2.75) is 37.9 Å². The maximum atomic E-state index is 5.96. The second kappa shape index (κ2) is 6.88. The maximum Gasteiger partial charge on any atom is 0.0595 e. The van der Waals surface area contributed by atoms with E-state index in [1.165, 1.54) is 18.4 Å². The summed E-state index contributed by atoms with van der Waals surface area (Å²) in [7, 11) is 0. The molecular formula is C13H17BrCl2. The Morgan fingerprint density at radius 3 is 2.44 bits per heavy atom. The number of halogens is 3. The van der Waals surface area contributed by atoms with Gasteiger partial charge in [-0.15, -0.1) is 0 Å². The van der Waals surface area contributed by atoms with E-state index >= 15 is 0 Å². The molecule has 1 unspecified atom stereocenters. The van der Waals surface area contributed by atoms with Crippen LogP contribution in [0.4, 0.5) is 0 Å². The second-order valence-corrected chi connectivity index (χ2v) is 6.39. The van der Waals surface area contributed by atoms with E-state index in [-0.39, 0.29) is 0 Å². The van der Waals surface area contributed by atoms with Gasteiger partial charge in [0.15, 0.2) is 0 Å². The SMILES string of the molecule is CC(C)C(Br)CCCc1ccc(Cl)c(Cl)c1. The molecule has 0 fully saturated rings. The van der Waals surface area contributed by atoms with Gasteiger partial charge in [0.2, 0.25) is 0 Å². The van der Waals surface area contributed by atoms with Crippen LogP contribution in [0.2, 0.25) is 10.0 Å². The second-order valence-electron chi connectivity index (χ2n) is 4.40. The van der Waals surface area contributed by atoms with Crippen molar-refractivity contribution >= 4 is 39.1 Å². The minimum Gasteiger partial charge on any atom is -0.0888 e. The molecule has 0 aliphatic rings. The van der Waals surface area contributed by atoms with Gasteiger partial charge in [-0.05, 0) is 42.9 Å². The number of aryl methyl sites for hydroxylation is 1. The molecule has 1 aromatic rings. The normalized spacial score (nSPS) is 13.1. The van der Waals surface area contributed by atoms with Crippen LogP contribution < -0.4 is 0 Å². The van der Waals surface area contributed by atoms with Crippen LogP contribution in [0.15, 0.2) is 18.2 Å². The van der Waals surface area contributed by atoms with Gasteiger partial charge in [-0.1, -0.05) is 59.0 Å². The minimum atomic E-state index is 0.607. The molecule has 0 aromatic heterocycles. The van der Waals surface area contributed by atoms with Gasteiger partial charge in [0.1, 0.15) is 0 Å². The predicted molar refractivity (Wildman–Crippen MR) is 77.0 cm³/mol. The van der Waals surface area contributed by atoms with Crippen LogP contribution in [0.1, 0.15) is 32.3 Å². The number of benzene rings is 1. The third-order valence-corrected chi connectivity index (χ3v) is 4.91. The first kappa shape index (κ1) is 14.3. The fourth-order valence-electron chi connectivity index (χ4n) is 1.53. The molecule has 1 aromatic carbocycles. The van der Waals surface area contributed by atoms with Gasteiger partial charge in [-0.2, -0.15) is 0 Å². The zero-order chi connectivity index (χ0) is 12.1. The molecule has 16 heavy (non-hydrogen) atoms. The third kappa shape index (κ3) is 4.65. The highest BCUT2D eigenvalue weighted by atomic mass is 79.9. The van der Waals surface area contributed by atoms with Crippen LogP contribution in [0, 0.1) is 5.92 Å². The minimum absolute atomic E-state index is 0.607. The average molecular weight is 324 g/mol. The first-order valence-electron chi connectivity index (χ1n) is 5.58. The Kier molecular flexibility index (Phi) is 6.17. The standard InChI is InChI=1S/C13H17BrCl2/c1-9(2)11(14)5-3-4-10-6-7-12(15)13(16)8-10/h6-9,11H,3-5H2,1-2H3. The maximum absolute atomic E-state index is 5.96. The molecule has 0 nitrogen and oxygen atoms in total. The summed E-state index contributed by atoms with van der Waals surface area (Å²) < 4.78 is 0. The van der Waals surface area contributed by atoms with Crippen molar-refractivity contribution in [1.82, 2.24) is 0 Å². The fourth-order valence-corrected chi connectivity index (χ4v) is 2.17. The van der Waals surface area contributed by atoms with E-state index < -0.39 is 0 Å². The van der Waals surface area contributed by atoms with Gasteiger partial charge in [-0.25, -0.2) is 0 Å². The lowest BCUT2D eigenvalue weighted by Crippen LogP contribution is -2.07. The Labute approximate surface area is 116 Å². The van der Waals surface area contributed by atoms with E-state index in [0.29, 0.717) is 20.8 Å². The Morgan fingerprint density at radius 2 is 1.88 bits per heavy atom. The first-order valence-corrected chi connectivity index (χ1v) is 7.26. The van der Waals surface area contributed by atoms with Crippen LogP contribution in [-0.2, 0) is 6.42 Å². The molecular weight excluding hydrogens is 307 g/mol. The molecule has 0 bridgehead atoms. The lowest BCUT2D eigenvalue weighted by Gasteiger charge is -2.13. The van der Waals surface area contributed by atoms with E-state index in [0.717, 1.165) is 6.42 Å². The average Bonchev–Trinajstić information content (AvgIpc) is 2.23. The molecule has 1 atom stereocenters. The summed E-state index contributed by atoms with van der Waals surface area (Å²) in [6, 6.07) is 5.88. The number of rotatable bonds is 5. The lowest BCUT2D eigenvalue weighted by atomic mass is 10.0. The smallest absolute Gasteiger partial charge is 0.0595 e. The largest absolute Gasteiger partial charge is 0.0888 e. The zero-order valence-electron chi connectivity index (χ0n) is 9.64. The van der Waals surface area contributed by atoms with Crippen molar-refractivity contribution in [3.63, 3.8) is 0 Å². The summed E-state index contributed by atoms with van der Waals surface area (Å²) in [6.07, 6.45) is 3.43. The van der Waals surface area contributed by atoms with Crippen molar-refractivity contribution < 1.29 is 0 Å². The van der Waals surface area contributed by atoms with Gasteiger partial charge >= 0.3 is 0 Å². The van der Waals surface area contributed by atoms with Crippen molar-refractivity contribution in [3.8, 4) is 0 Å². The number of hydrogen-bond acceptors (Lipinski definition) is 0. The van der Waals surface area contributed by atoms with E-state index in [4.69, 9.17) is 23.2 Å². The molecule has 1 rings (SSSR count). The Hall–Kier alpha value is 0.280. The van der Waals surface area contributed by atoms with Gasteiger partial charge in [0.25, 0.3) is 0 Å². The topological polar surface area (TPSA) is 0 Å². The zero-order valence-corrected chi connectivity index (χ0v) is 12.7. The third-order valence-electron chi connectivity index (χ3n) is 2.65. The summed E-state index contributed by atoms with van der Waals surface area (Å²) in [5, 5.41) is 1.28. The molecule has 0 saturated heterocycles. The molecule has 0 amide bonds. The molecule has 0 radical (unpaired) electrons. The Balaban J connectivity index is 2.40. The summed E-state index contributed by atoms with van der Waals surface area (Å²) >= 11 is 15.5. The van der Waals surface area contributed by atoms with Crippen molar-refractivity contribution in [3.05, 3.63) is 33.8 Å². The molecule has 0 aliphatic carbocycles. The molecule has 90 valence electrons. The quantitative estimate of drug-likeness (QED) is 0.606. The van der Waals surface area contributed by atoms with E-state index in [2.05, 4.69) is 29.8 Å². The molecule has 0 spiro atoms. The summed E-state index contributed by atoms with van der Waals surface area (Å²) in [5.74, 6) is 0.689. The van der Waals surface area contributed by atoms with Crippen LogP contribution in [-0.4, -0.2) is 4.83 Å². The molecule has 0 aliphatic heterocycles. The summed E-state index contributed by atoms with van der Waals surface area (Å²) in [4.78, 5) is 0.607. The highest BCUT2D eigenvalue weighted by Gasteiger charge is 2.08. The van der Waals surface area contributed by atoms with Crippen molar-refractivity contribution in [1.29, 1.82) is 0 Å². The van der Waals surface area contributed by atoms with Crippen LogP contribution in [0.5, 0.6) is 0 Å². The van der Waals surface area contributed by atoms with E-state index in [1.807, 2.05) is 18.2 Å². The molecule has 3 heteroatoms. The highest BCUT2D eigenvalue weighted by molar-refractivity contribution is 9.09. The van der Waals surface area contributed by atoms with Gasteiger partial charge in [-0.3, -0.25) is 0 Å². The lowest BCUT2D eigenvalue weighted by molar-refractivity contribution is 0.562. The monoisotopic (exact) mass is 322 g/mol. The fraction of sp³-hybridized carbons (Fsp3) is 0.538. The van der Waals surface area contributed by atoms with E-state index in [9.17, 15) is 0 Å². The Morgan fingerprint density at radius 1 is 1.19 bits per heavy atom. The highest BCUT2D eigenvalue weighted by Crippen LogP contribution is 2.24. The van der Waals surface area contributed by atoms with Gasteiger partial charge in [0.05, 0.1) is 10.0 Å². The van der Waals surface area contributed by atoms with E-state index in [1.54, 1.807) is 0 Å². The molecule has 0 saturated carbocycles. The summed E-state index contributed by atoms with van der Waals surface area (Å²) in [5.41, 5.74) is 1.26. The number of hydrogen-bond donors (Lipinski definition) is 0. The van der Waals surface area contributed by atoms with Crippen molar-refractivity contribution in [2.24, 2.45) is 5.92 Å². The summed E-state index contributed by atoms with van der Waals surface area (Å²) in [6.45, 7) is 4.47. The number of alkyl halides is 1. The first-order chi connectivity index (χ1) is 7.50. The van der Waals surface area contributed by atoms with Crippen molar-refractivity contribution in [2.75, 3.05) is 0 Å². The van der Waals surface area contributed by atoms with Gasteiger partial charge in [0, 0.05) is 4.83 Å². The van der Waals surface area contributed by atoms with Gasteiger partial charge < -0.3 is 0 Å². The predicted octanol–water partition coefficient (Wildman–Crippen LogP) is 5.74. The molecule has 0 N–H and O–H groups in total. The molecule has 0 heterocycles.